The van der Waals surface area contributed by atoms with Crippen LogP contribution in [0.25, 0.3) is 11.1 Å². The van der Waals surface area contributed by atoms with Crippen molar-refractivity contribution in [1.29, 1.82) is 0 Å². The quantitative estimate of drug-likeness (QED) is 0.297. The Morgan fingerprint density at radius 3 is 2.33 bits per heavy atom. The van der Waals surface area contributed by atoms with Crippen LogP contribution in [0.3, 0.4) is 0 Å². The Balaban J connectivity index is 0.950. The first kappa shape index (κ1) is 30.9. The van der Waals surface area contributed by atoms with Gasteiger partial charge in [-0.15, -0.1) is 0 Å². The number of benzene rings is 3. The van der Waals surface area contributed by atoms with Crippen LogP contribution in [-0.2, 0) is 21.4 Å². The van der Waals surface area contributed by atoms with Gasteiger partial charge in [0.2, 0.25) is 5.91 Å². The molecule has 7 heteroatoms. The SMILES string of the molecule is CCNC(=O)C1(CCCCN2CCN(c3ccc4c(c3)C(=O)N(CC3CCCCO3)CC4)CC2)c2ccccc2-c2ccccc21. The minimum atomic E-state index is -0.634. The van der Waals surface area contributed by atoms with E-state index in [1.165, 1.54) is 23.1 Å². The predicted octanol–water partition coefficient (Wildman–Crippen LogP) is 5.65. The lowest BCUT2D eigenvalue weighted by molar-refractivity contribution is -0.125. The molecule has 1 unspecified atom stereocenters. The molecule has 3 heterocycles. The number of carbonyl (C=O) groups excluding carboxylic acids is 2. The summed E-state index contributed by atoms with van der Waals surface area (Å²) in [5.74, 6) is 0.281. The number of ether oxygens (including phenoxy) is 1. The van der Waals surface area contributed by atoms with Gasteiger partial charge in [0, 0.05) is 63.7 Å². The third kappa shape index (κ3) is 5.84. The molecular weight excluding hydrogens is 572 g/mol. The van der Waals surface area contributed by atoms with E-state index in [0.29, 0.717) is 13.1 Å². The zero-order valence-electron chi connectivity index (χ0n) is 27.3. The number of carbonyl (C=O) groups is 2. The fourth-order valence-corrected chi connectivity index (χ4v) is 8.30. The number of hydrogen-bond acceptors (Lipinski definition) is 5. The van der Waals surface area contributed by atoms with Crippen molar-refractivity contribution in [2.45, 2.75) is 63.4 Å². The van der Waals surface area contributed by atoms with Crippen molar-refractivity contribution < 1.29 is 14.3 Å². The van der Waals surface area contributed by atoms with Crippen molar-refractivity contribution in [3.63, 3.8) is 0 Å². The second-order valence-corrected chi connectivity index (χ2v) is 13.5. The number of amides is 2. The number of likely N-dealkylation sites (N-methyl/N-ethyl adjacent to an activating group) is 1. The summed E-state index contributed by atoms with van der Waals surface area (Å²) < 4.78 is 5.94. The van der Waals surface area contributed by atoms with E-state index in [-0.39, 0.29) is 17.9 Å². The van der Waals surface area contributed by atoms with Crippen molar-refractivity contribution in [3.05, 3.63) is 89.0 Å². The highest BCUT2D eigenvalue weighted by Crippen LogP contribution is 2.51. The van der Waals surface area contributed by atoms with Gasteiger partial charge in [0.1, 0.15) is 5.41 Å². The van der Waals surface area contributed by atoms with Gasteiger partial charge in [-0.25, -0.2) is 0 Å². The molecule has 1 aliphatic carbocycles. The molecule has 0 radical (unpaired) electrons. The number of rotatable bonds is 10. The van der Waals surface area contributed by atoms with Crippen LogP contribution in [0.1, 0.15) is 72.5 Å². The van der Waals surface area contributed by atoms with E-state index < -0.39 is 5.41 Å². The van der Waals surface area contributed by atoms with E-state index >= 15 is 0 Å². The lowest BCUT2D eigenvalue weighted by atomic mass is 9.73. The van der Waals surface area contributed by atoms with Crippen molar-refractivity contribution in [2.24, 2.45) is 0 Å². The van der Waals surface area contributed by atoms with Gasteiger partial charge in [-0.2, -0.15) is 0 Å². The molecule has 7 nitrogen and oxygen atoms in total. The van der Waals surface area contributed by atoms with E-state index in [9.17, 15) is 9.59 Å². The summed E-state index contributed by atoms with van der Waals surface area (Å²) in [5.41, 5.74) is 7.24. The summed E-state index contributed by atoms with van der Waals surface area (Å²) in [6, 6.07) is 23.4. The highest BCUT2D eigenvalue weighted by atomic mass is 16.5. The summed E-state index contributed by atoms with van der Waals surface area (Å²) in [7, 11) is 0. The van der Waals surface area contributed by atoms with Gasteiger partial charge in [-0.3, -0.25) is 14.5 Å². The Kier molecular flexibility index (Phi) is 9.14. The molecule has 2 fully saturated rings. The Morgan fingerprint density at radius 1 is 0.891 bits per heavy atom. The Morgan fingerprint density at radius 2 is 1.63 bits per heavy atom. The molecule has 3 aromatic carbocycles. The van der Waals surface area contributed by atoms with Gasteiger partial charge in [0.25, 0.3) is 5.91 Å². The van der Waals surface area contributed by atoms with E-state index in [1.807, 2.05) is 11.8 Å². The number of unbranched alkanes of at least 4 members (excludes halogenated alkanes) is 1. The van der Waals surface area contributed by atoms with Gasteiger partial charge in [0.15, 0.2) is 0 Å². The van der Waals surface area contributed by atoms with E-state index in [1.54, 1.807) is 0 Å². The molecule has 0 aromatic heterocycles. The second-order valence-electron chi connectivity index (χ2n) is 13.5. The zero-order valence-corrected chi connectivity index (χ0v) is 27.3. The number of fused-ring (bicyclic) bond motifs is 4. The number of hydrogen-bond donors (Lipinski definition) is 1. The van der Waals surface area contributed by atoms with E-state index in [4.69, 9.17) is 4.74 Å². The molecule has 46 heavy (non-hydrogen) atoms. The van der Waals surface area contributed by atoms with E-state index in [2.05, 4.69) is 81.8 Å². The third-order valence-electron chi connectivity index (χ3n) is 10.8. The first-order valence-corrected chi connectivity index (χ1v) is 17.6. The first-order valence-electron chi connectivity index (χ1n) is 17.6. The molecule has 0 spiro atoms. The van der Waals surface area contributed by atoms with Crippen molar-refractivity contribution in [2.75, 3.05) is 63.9 Å². The van der Waals surface area contributed by atoms with Crippen LogP contribution in [0, 0.1) is 0 Å². The van der Waals surface area contributed by atoms with Gasteiger partial charge < -0.3 is 19.9 Å². The van der Waals surface area contributed by atoms with Crippen LogP contribution in [0.5, 0.6) is 0 Å². The maximum Gasteiger partial charge on any atom is 0.254 e. The molecular formula is C39H48N4O3. The second kappa shape index (κ2) is 13.6. The lowest BCUT2D eigenvalue weighted by Crippen LogP contribution is -2.47. The van der Waals surface area contributed by atoms with Crippen molar-refractivity contribution >= 4 is 17.5 Å². The molecule has 0 saturated carbocycles. The highest BCUT2D eigenvalue weighted by molar-refractivity contribution is 6.00. The van der Waals surface area contributed by atoms with Crippen LogP contribution >= 0.6 is 0 Å². The monoisotopic (exact) mass is 620 g/mol. The largest absolute Gasteiger partial charge is 0.376 e. The average molecular weight is 621 g/mol. The molecule has 3 aliphatic heterocycles. The normalized spacial score (nSPS) is 20.6. The van der Waals surface area contributed by atoms with Gasteiger partial charge in [-0.1, -0.05) is 61.0 Å². The maximum atomic E-state index is 13.8. The highest BCUT2D eigenvalue weighted by Gasteiger charge is 2.48. The predicted molar refractivity (Wildman–Crippen MR) is 183 cm³/mol. The summed E-state index contributed by atoms with van der Waals surface area (Å²) >= 11 is 0. The smallest absolute Gasteiger partial charge is 0.254 e. The molecule has 3 aromatic rings. The first-order chi connectivity index (χ1) is 22.6. The number of piperazine rings is 1. The van der Waals surface area contributed by atoms with Gasteiger partial charge in [-0.05, 0) is 91.9 Å². The summed E-state index contributed by atoms with van der Waals surface area (Å²) in [5, 5.41) is 3.18. The summed E-state index contributed by atoms with van der Waals surface area (Å²) in [6.45, 7) is 9.89. The Hall–Kier alpha value is -3.68. The minimum absolute atomic E-state index is 0.120. The fourth-order valence-electron chi connectivity index (χ4n) is 8.30. The number of nitrogens with one attached hydrogen (secondary N) is 1. The average Bonchev–Trinajstić information content (AvgIpc) is 3.39. The number of anilines is 1. The topological polar surface area (TPSA) is 65.1 Å². The zero-order chi connectivity index (χ0) is 31.5. The molecule has 7 rings (SSSR count). The van der Waals surface area contributed by atoms with Crippen LogP contribution < -0.4 is 10.2 Å². The standard InChI is InChI=1S/C39H48N4O3/c1-2-40-38(45)39(35-14-5-3-12-32(35)33-13-4-6-15-36(33)39)19-8-9-20-41-22-24-42(25-23-41)30-17-16-29-18-21-43(37(44)34(29)27-30)28-31-11-7-10-26-46-31/h3-6,12-17,27,31H,2,7-11,18-26,28H2,1H3,(H,40,45). The summed E-state index contributed by atoms with van der Waals surface area (Å²) in [6.07, 6.45) is 7.32. The summed E-state index contributed by atoms with van der Waals surface area (Å²) in [4.78, 5) is 34.3. The van der Waals surface area contributed by atoms with Crippen molar-refractivity contribution in [3.8, 4) is 11.1 Å². The van der Waals surface area contributed by atoms with E-state index in [0.717, 1.165) is 107 Å². The molecule has 0 bridgehead atoms. The Labute approximate surface area is 273 Å². The van der Waals surface area contributed by atoms with Crippen LogP contribution in [0.4, 0.5) is 5.69 Å². The van der Waals surface area contributed by atoms with Crippen molar-refractivity contribution in [1.82, 2.24) is 15.1 Å². The van der Waals surface area contributed by atoms with Crippen LogP contribution in [0.2, 0.25) is 0 Å². The van der Waals surface area contributed by atoms with Gasteiger partial charge in [0.05, 0.1) is 6.10 Å². The van der Waals surface area contributed by atoms with Crippen LogP contribution in [0.15, 0.2) is 66.7 Å². The maximum absolute atomic E-state index is 13.8. The molecule has 1 atom stereocenters. The fraction of sp³-hybridized carbons (Fsp3) is 0.487. The number of nitrogens with zero attached hydrogens (tertiary/aromatic N) is 3. The lowest BCUT2D eigenvalue weighted by Gasteiger charge is -2.37. The molecule has 242 valence electrons. The molecule has 1 N–H and O–H groups in total. The minimum Gasteiger partial charge on any atom is -0.376 e. The third-order valence-corrected chi connectivity index (χ3v) is 10.8. The van der Waals surface area contributed by atoms with Gasteiger partial charge >= 0.3 is 0 Å². The molecule has 2 amide bonds. The molecule has 4 aliphatic rings. The van der Waals surface area contributed by atoms with Crippen LogP contribution in [-0.4, -0.2) is 86.7 Å². The Bertz CT molecular complexity index is 1510. The molecule has 2 saturated heterocycles.